The predicted octanol–water partition coefficient (Wildman–Crippen LogP) is 3.20. The Bertz CT molecular complexity index is 859. The van der Waals surface area contributed by atoms with Gasteiger partial charge in [-0.1, -0.05) is 29.8 Å². The molecule has 0 aliphatic heterocycles. The van der Waals surface area contributed by atoms with Crippen LogP contribution in [0.2, 0.25) is 5.02 Å². The summed E-state index contributed by atoms with van der Waals surface area (Å²) in [5.74, 6) is -2.55. The number of non-ortho nitro benzene ring substituents is 1. The summed E-state index contributed by atoms with van der Waals surface area (Å²) in [6.45, 7) is -0.571. The summed E-state index contributed by atoms with van der Waals surface area (Å²) in [6.07, 6.45) is 0. The summed E-state index contributed by atoms with van der Waals surface area (Å²) in [6, 6.07) is 9.24. The Morgan fingerprint density at radius 2 is 1.96 bits per heavy atom. The molecule has 9 heteroatoms. The number of nitro benzene ring substituents is 1. The third-order valence-electron chi connectivity index (χ3n) is 3.55. The van der Waals surface area contributed by atoms with Gasteiger partial charge in [0.15, 0.2) is 0 Å². The molecule has 2 aromatic carbocycles. The van der Waals surface area contributed by atoms with Crippen molar-refractivity contribution in [3.63, 3.8) is 0 Å². The van der Waals surface area contributed by atoms with Crippen molar-refractivity contribution < 1.29 is 23.6 Å². The molecule has 136 valence electrons. The van der Waals surface area contributed by atoms with Gasteiger partial charge in [0.25, 0.3) is 11.6 Å². The zero-order valence-electron chi connectivity index (χ0n) is 13.6. The lowest BCUT2D eigenvalue weighted by Gasteiger charge is -2.22. The van der Waals surface area contributed by atoms with E-state index in [4.69, 9.17) is 11.6 Å². The molecule has 0 N–H and O–H groups in total. The summed E-state index contributed by atoms with van der Waals surface area (Å²) in [7, 11) is 1.15. The SMILES string of the molecule is COC(=O)CN(Cc1ccccc1Cl)C(=O)c1cc([N+](=O)[O-])ccc1F. The Morgan fingerprint density at radius 3 is 2.58 bits per heavy atom. The van der Waals surface area contributed by atoms with E-state index in [9.17, 15) is 24.1 Å². The van der Waals surface area contributed by atoms with Crippen molar-refractivity contribution in [1.29, 1.82) is 0 Å². The number of nitrogens with zero attached hydrogens (tertiary/aromatic N) is 2. The van der Waals surface area contributed by atoms with Crippen molar-refractivity contribution in [2.45, 2.75) is 6.54 Å². The summed E-state index contributed by atoms with van der Waals surface area (Å²) in [5.41, 5.74) is -0.432. The Kier molecular flexibility index (Phi) is 6.24. The third-order valence-corrected chi connectivity index (χ3v) is 3.91. The monoisotopic (exact) mass is 380 g/mol. The number of rotatable bonds is 6. The Labute approximate surface area is 153 Å². The van der Waals surface area contributed by atoms with Gasteiger partial charge in [-0.2, -0.15) is 0 Å². The second-order valence-electron chi connectivity index (χ2n) is 5.25. The van der Waals surface area contributed by atoms with Crippen LogP contribution in [0.15, 0.2) is 42.5 Å². The van der Waals surface area contributed by atoms with Crippen molar-refractivity contribution in [3.05, 3.63) is 74.5 Å². The molecule has 0 aromatic heterocycles. The molecule has 0 radical (unpaired) electrons. The number of esters is 1. The van der Waals surface area contributed by atoms with Crippen molar-refractivity contribution in [1.82, 2.24) is 4.90 Å². The smallest absolute Gasteiger partial charge is 0.325 e. The molecule has 0 aliphatic carbocycles. The van der Waals surface area contributed by atoms with Crippen LogP contribution in [0, 0.1) is 15.9 Å². The van der Waals surface area contributed by atoms with Gasteiger partial charge in [-0.3, -0.25) is 19.7 Å². The fourth-order valence-corrected chi connectivity index (χ4v) is 2.41. The molecule has 2 rings (SSSR count). The number of carbonyl (C=O) groups is 2. The molecule has 0 saturated heterocycles. The Balaban J connectivity index is 2.40. The molecular formula is C17H14ClFN2O5. The van der Waals surface area contributed by atoms with E-state index in [1.54, 1.807) is 24.3 Å². The van der Waals surface area contributed by atoms with E-state index in [1.807, 2.05) is 0 Å². The van der Waals surface area contributed by atoms with Crippen LogP contribution in [0.5, 0.6) is 0 Å². The van der Waals surface area contributed by atoms with Gasteiger partial charge in [0.1, 0.15) is 12.4 Å². The van der Waals surface area contributed by atoms with E-state index >= 15 is 0 Å². The first-order valence-electron chi connectivity index (χ1n) is 7.37. The van der Waals surface area contributed by atoms with Crippen LogP contribution in [0.1, 0.15) is 15.9 Å². The molecule has 0 bridgehead atoms. The minimum absolute atomic E-state index is 0.101. The zero-order valence-corrected chi connectivity index (χ0v) is 14.4. The maximum Gasteiger partial charge on any atom is 0.325 e. The van der Waals surface area contributed by atoms with Crippen molar-refractivity contribution in [2.24, 2.45) is 0 Å². The molecule has 1 amide bonds. The highest BCUT2D eigenvalue weighted by Crippen LogP contribution is 2.22. The number of carbonyl (C=O) groups excluding carboxylic acids is 2. The molecule has 0 spiro atoms. The molecular weight excluding hydrogens is 367 g/mol. The number of methoxy groups -OCH3 is 1. The van der Waals surface area contributed by atoms with Gasteiger partial charge in [-0.25, -0.2) is 4.39 Å². The average molecular weight is 381 g/mol. The normalized spacial score (nSPS) is 10.3. The lowest BCUT2D eigenvalue weighted by molar-refractivity contribution is -0.384. The van der Waals surface area contributed by atoms with Crippen LogP contribution in [-0.2, 0) is 16.1 Å². The lowest BCUT2D eigenvalue weighted by atomic mass is 10.1. The molecule has 0 unspecified atom stereocenters. The third kappa shape index (κ3) is 4.54. The van der Waals surface area contributed by atoms with Crippen LogP contribution in [0.4, 0.5) is 10.1 Å². The minimum Gasteiger partial charge on any atom is -0.468 e. The van der Waals surface area contributed by atoms with E-state index in [-0.39, 0.29) is 6.54 Å². The van der Waals surface area contributed by atoms with E-state index in [0.29, 0.717) is 10.6 Å². The van der Waals surface area contributed by atoms with E-state index in [1.165, 1.54) is 0 Å². The van der Waals surface area contributed by atoms with Gasteiger partial charge >= 0.3 is 5.97 Å². The van der Waals surface area contributed by atoms with Crippen molar-refractivity contribution >= 4 is 29.2 Å². The molecule has 26 heavy (non-hydrogen) atoms. The lowest BCUT2D eigenvalue weighted by Crippen LogP contribution is -2.36. The number of hydrogen-bond acceptors (Lipinski definition) is 5. The van der Waals surface area contributed by atoms with Crippen LogP contribution < -0.4 is 0 Å². The van der Waals surface area contributed by atoms with Crippen LogP contribution in [0.25, 0.3) is 0 Å². The predicted molar refractivity (Wildman–Crippen MR) is 91.3 cm³/mol. The largest absolute Gasteiger partial charge is 0.468 e. The van der Waals surface area contributed by atoms with Crippen molar-refractivity contribution in [3.8, 4) is 0 Å². The molecule has 0 heterocycles. The van der Waals surface area contributed by atoms with E-state index in [0.717, 1.165) is 30.2 Å². The maximum atomic E-state index is 14.1. The average Bonchev–Trinajstić information content (AvgIpc) is 2.62. The number of benzene rings is 2. The minimum atomic E-state index is -0.936. The first-order valence-corrected chi connectivity index (χ1v) is 7.74. The number of ether oxygens (including phenoxy) is 1. The number of halogens is 2. The fourth-order valence-electron chi connectivity index (χ4n) is 2.21. The van der Waals surface area contributed by atoms with Gasteiger partial charge in [-0.05, 0) is 17.7 Å². The van der Waals surface area contributed by atoms with Crippen LogP contribution in [-0.4, -0.2) is 35.4 Å². The van der Waals surface area contributed by atoms with Crippen LogP contribution in [0.3, 0.4) is 0 Å². The summed E-state index contributed by atoms with van der Waals surface area (Å²) in [4.78, 5) is 35.5. The van der Waals surface area contributed by atoms with E-state index < -0.39 is 40.4 Å². The van der Waals surface area contributed by atoms with Gasteiger partial charge in [-0.15, -0.1) is 0 Å². The van der Waals surface area contributed by atoms with Gasteiger partial charge in [0, 0.05) is 23.7 Å². The standard InChI is InChI=1S/C17H14ClFN2O5/c1-26-16(22)10-20(9-11-4-2-3-5-14(11)18)17(23)13-8-12(21(24)25)6-7-15(13)19/h2-8H,9-10H2,1H3. The highest BCUT2D eigenvalue weighted by atomic mass is 35.5. The second kappa shape index (κ2) is 8.39. The molecule has 0 atom stereocenters. The number of hydrogen-bond donors (Lipinski definition) is 0. The summed E-state index contributed by atoms with van der Waals surface area (Å²) >= 11 is 6.07. The quantitative estimate of drug-likeness (QED) is 0.436. The zero-order chi connectivity index (χ0) is 19.3. The molecule has 2 aromatic rings. The molecule has 0 aliphatic rings. The highest BCUT2D eigenvalue weighted by molar-refractivity contribution is 6.31. The number of nitro groups is 1. The Morgan fingerprint density at radius 1 is 1.27 bits per heavy atom. The molecule has 0 saturated carbocycles. The summed E-state index contributed by atoms with van der Waals surface area (Å²) in [5, 5.41) is 11.2. The van der Waals surface area contributed by atoms with Crippen LogP contribution >= 0.6 is 11.6 Å². The molecule has 7 nitrogen and oxygen atoms in total. The van der Waals surface area contributed by atoms with Crippen molar-refractivity contribution in [2.75, 3.05) is 13.7 Å². The number of amides is 1. The van der Waals surface area contributed by atoms with Gasteiger partial charge < -0.3 is 9.64 Å². The van der Waals surface area contributed by atoms with Gasteiger partial charge in [0.05, 0.1) is 17.6 Å². The second-order valence-corrected chi connectivity index (χ2v) is 5.66. The fraction of sp³-hybridized carbons (Fsp3) is 0.176. The first kappa shape index (κ1) is 19.3. The molecule has 0 fully saturated rings. The topological polar surface area (TPSA) is 89.8 Å². The first-order chi connectivity index (χ1) is 12.3. The maximum absolute atomic E-state index is 14.1. The summed E-state index contributed by atoms with van der Waals surface area (Å²) < 4.78 is 18.6. The highest BCUT2D eigenvalue weighted by Gasteiger charge is 2.25. The van der Waals surface area contributed by atoms with E-state index in [2.05, 4.69) is 4.74 Å². The van der Waals surface area contributed by atoms with Gasteiger partial charge in [0.2, 0.25) is 0 Å². The Hall–Kier alpha value is -3.00.